The van der Waals surface area contributed by atoms with Gasteiger partial charge in [0.25, 0.3) is 10.0 Å². The van der Waals surface area contributed by atoms with Crippen LogP contribution in [-0.2, 0) is 10.0 Å². The van der Waals surface area contributed by atoms with Gasteiger partial charge in [-0.2, -0.15) is 0 Å². The van der Waals surface area contributed by atoms with Gasteiger partial charge in [-0.15, -0.1) is 0 Å². The minimum absolute atomic E-state index is 0.0754. The summed E-state index contributed by atoms with van der Waals surface area (Å²) >= 11 is 17.5. The molecule has 2 rings (SSSR count). The highest BCUT2D eigenvalue weighted by Crippen LogP contribution is 2.30. The molecule has 0 bridgehead atoms. The predicted molar refractivity (Wildman–Crippen MR) is 85.3 cm³/mol. The zero-order valence-electron chi connectivity index (χ0n) is 10.7. The van der Waals surface area contributed by atoms with Crippen molar-refractivity contribution in [1.29, 1.82) is 0 Å². The maximum atomic E-state index is 12.4. The van der Waals surface area contributed by atoms with Gasteiger partial charge in [0.05, 0.1) is 12.8 Å². The lowest BCUT2D eigenvalue weighted by Crippen LogP contribution is -2.14. The molecule has 21 heavy (non-hydrogen) atoms. The van der Waals surface area contributed by atoms with E-state index in [-0.39, 0.29) is 21.4 Å². The van der Waals surface area contributed by atoms with Crippen molar-refractivity contribution in [2.75, 3.05) is 11.8 Å². The highest BCUT2D eigenvalue weighted by molar-refractivity contribution is 7.92. The molecule has 0 aliphatic rings. The minimum atomic E-state index is -3.89. The molecule has 0 atom stereocenters. The lowest BCUT2D eigenvalue weighted by atomic mass is 10.3. The molecule has 0 radical (unpaired) electrons. The summed E-state index contributed by atoms with van der Waals surface area (Å²) in [5.74, 6) is 0.181. The first-order chi connectivity index (χ1) is 9.81. The molecule has 0 aromatic heterocycles. The van der Waals surface area contributed by atoms with E-state index in [0.29, 0.717) is 10.0 Å². The van der Waals surface area contributed by atoms with Crippen molar-refractivity contribution in [3.63, 3.8) is 0 Å². The summed E-state index contributed by atoms with van der Waals surface area (Å²) in [5.41, 5.74) is 0.245. The van der Waals surface area contributed by atoms with Crippen LogP contribution in [0, 0.1) is 0 Å². The Labute approximate surface area is 137 Å². The van der Waals surface area contributed by atoms with Crippen molar-refractivity contribution in [1.82, 2.24) is 0 Å². The van der Waals surface area contributed by atoms with Crippen LogP contribution in [0.2, 0.25) is 15.1 Å². The van der Waals surface area contributed by atoms with Crippen LogP contribution < -0.4 is 9.46 Å². The van der Waals surface area contributed by atoms with Gasteiger partial charge < -0.3 is 4.74 Å². The van der Waals surface area contributed by atoms with Crippen LogP contribution in [0.25, 0.3) is 0 Å². The Morgan fingerprint density at radius 2 is 1.57 bits per heavy atom. The Kier molecular flexibility index (Phi) is 4.88. The van der Waals surface area contributed by atoms with Crippen LogP contribution in [0.4, 0.5) is 5.69 Å². The van der Waals surface area contributed by atoms with Gasteiger partial charge in [-0.25, -0.2) is 8.42 Å². The van der Waals surface area contributed by atoms with E-state index in [1.807, 2.05) is 0 Å². The monoisotopic (exact) mass is 365 g/mol. The van der Waals surface area contributed by atoms with Crippen LogP contribution in [0.15, 0.2) is 41.3 Å². The molecule has 0 heterocycles. The largest absolute Gasteiger partial charge is 0.495 e. The number of hydrogen-bond acceptors (Lipinski definition) is 3. The van der Waals surface area contributed by atoms with Crippen molar-refractivity contribution in [2.24, 2.45) is 0 Å². The zero-order chi connectivity index (χ0) is 15.6. The summed E-state index contributed by atoms with van der Waals surface area (Å²) in [5, 5.41) is 0.914. The first-order valence-electron chi connectivity index (χ1n) is 5.64. The average molecular weight is 367 g/mol. The molecular weight excluding hydrogens is 357 g/mol. The quantitative estimate of drug-likeness (QED) is 0.869. The molecule has 2 aromatic rings. The Bertz CT molecular complexity index is 758. The van der Waals surface area contributed by atoms with E-state index in [2.05, 4.69) is 4.72 Å². The van der Waals surface area contributed by atoms with Crippen LogP contribution in [0.1, 0.15) is 0 Å². The van der Waals surface area contributed by atoms with E-state index in [4.69, 9.17) is 39.5 Å². The topological polar surface area (TPSA) is 55.4 Å². The van der Waals surface area contributed by atoms with Crippen molar-refractivity contribution in [3.8, 4) is 5.75 Å². The van der Waals surface area contributed by atoms with Gasteiger partial charge in [0, 0.05) is 15.1 Å². The summed E-state index contributed by atoms with van der Waals surface area (Å²) in [4.78, 5) is -0.0754. The maximum absolute atomic E-state index is 12.4. The molecule has 8 heteroatoms. The highest BCUT2D eigenvalue weighted by Gasteiger charge is 2.20. The normalized spacial score (nSPS) is 11.2. The molecule has 0 unspecified atom stereocenters. The summed E-state index contributed by atoms with van der Waals surface area (Å²) in [6.45, 7) is 0. The molecule has 0 saturated heterocycles. The SMILES string of the molecule is COc1ccc(Cl)cc1S(=O)(=O)Nc1cc(Cl)cc(Cl)c1. The molecule has 2 aromatic carbocycles. The van der Waals surface area contributed by atoms with Gasteiger partial charge in [0.1, 0.15) is 10.6 Å². The third-order valence-electron chi connectivity index (χ3n) is 2.53. The van der Waals surface area contributed by atoms with E-state index in [0.717, 1.165) is 0 Å². The molecule has 4 nitrogen and oxygen atoms in total. The number of sulfonamides is 1. The second kappa shape index (κ2) is 6.32. The predicted octanol–water partition coefficient (Wildman–Crippen LogP) is 4.46. The van der Waals surface area contributed by atoms with E-state index in [1.165, 1.54) is 43.5 Å². The van der Waals surface area contributed by atoms with Crippen LogP contribution in [-0.4, -0.2) is 15.5 Å². The number of hydrogen-bond donors (Lipinski definition) is 1. The van der Waals surface area contributed by atoms with Crippen LogP contribution in [0.3, 0.4) is 0 Å². The van der Waals surface area contributed by atoms with Crippen molar-refractivity contribution in [3.05, 3.63) is 51.5 Å². The second-order valence-electron chi connectivity index (χ2n) is 4.06. The fourth-order valence-corrected chi connectivity index (χ4v) is 3.68. The average Bonchev–Trinajstić information content (AvgIpc) is 2.36. The summed E-state index contributed by atoms with van der Waals surface area (Å²) in [6, 6.07) is 8.71. The molecular formula is C13H10Cl3NO3S. The first-order valence-corrected chi connectivity index (χ1v) is 8.26. The highest BCUT2D eigenvalue weighted by atomic mass is 35.5. The summed E-state index contributed by atoms with van der Waals surface area (Å²) < 4.78 is 32.3. The van der Waals surface area contributed by atoms with Crippen LogP contribution >= 0.6 is 34.8 Å². The van der Waals surface area contributed by atoms with E-state index < -0.39 is 10.0 Å². The Balaban J connectivity index is 2.45. The Hall–Kier alpha value is -1.14. The van der Waals surface area contributed by atoms with E-state index in [9.17, 15) is 8.42 Å². The van der Waals surface area contributed by atoms with Gasteiger partial charge in [-0.05, 0) is 36.4 Å². The lowest BCUT2D eigenvalue weighted by Gasteiger charge is -2.12. The van der Waals surface area contributed by atoms with Gasteiger partial charge in [0.15, 0.2) is 0 Å². The number of halogens is 3. The molecule has 0 spiro atoms. The van der Waals surface area contributed by atoms with Crippen LogP contribution in [0.5, 0.6) is 5.75 Å². The number of nitrogens with one attached hydrogen (secondary N) is 1. The number of ether oxygens (including phenoxy) is 1. The fraction of sp³-hybridized carbons (Fsp3) is 0.0769. The molecule has 0 aliphatic carbocycles. The summed E-state index contributed by atoms with van der Waals surface area (Å²) in [7, 11) is -2.52. The lowest BCUT2D eigenvalue weighted by molar-refractivity contribution is 0.403. The van der Waals surface area contributed by atoms with Crippen molar-refractivity contribution < 1.29 is 13.2 Å². The number of rotatable bonds is 4. The van der Waals surface area contributed by atoms with Gasteiger partial charge in [-0.1, -0.05) is 34.8 Å². The number of anilines is 1. The zero-order valence-corrected chi connectivity index (χ0v) is 13.8. The fourth-order valence-electron chi connectivity index (χ4n) is 1.68. The number of benzene rings is 2. The van der Waals surface area contributed by atoms with Crippen molar-refractivity contribution in [2.45, 2.75) is 4.90 Å². The second-order valence-corrected chi connectivity index (χ2v) is 7.02. The molecule has 0 fully saturated rings. The van der Waals surface area contributed by atoms with Gasteiger partial charge >= 0.3 is 0 Å². The van der Waals surface area contributed by atoms with E-state index >= 15 is 0 Å². The smallest absolute Gasteiger partial charge is 0.265 e. The van der Waals surface area contributed by atoms with Gasteiger partial charge in [0.2, 0.25) is 0 Å². The third-order valence-corrected chi connectivity index (χ3v) is 4.60. The molecule has 1 N–H and O–H groups in total. The minimum Gasteiger partial charge on any atom is -0.495 e. The molecule has 0 amide bonds. The third kappa shape index (κ3) is 3.95. The first kappa shape index (κ1) is 16.2. The summed E-state index contributed by atoms with van der Waals surface area (Å²) in [6.07, 6.45) is 0. The molecule has 112 valence electrons. The Morgan fingerprint density at radius 1 is 0.952 bits per heavy atom. The maximum Gasteiger partial charge on any atom is 0.265 e. The molecule has 0 aliphatic heterocycles. The Morgan fingerprint density at radius 3 is 2.14 bits per heavy atom. The van der Waals surface area contributed by atoms with E-state index in [1.54, 1.807) is 0 Å². The molecule has 0 saturated carbocycles. The van der Waals surface area contributed by atoms with Crippen molar-refractivity contribution >= 4 is 50.5 Å². The van der Waals surface area contributed by atoms with Gasteiger partial charge in [-0.3, -0.25) is 4.72 Å². The number of methoxy groups -OCH3 is 1. The standard InChI is InChI=1S/C13H10Cl3NO3S/c1-20-12-3-2-8(14)7-13(12)21(18,19)17-11-5-9(15)4-10(16)6-11/h2-7,17H,1H3.